The van der Waals surface area contributed by atoms with Gasteiger partial charge in [-0.1, -0.05) is 39.7 Å². The first-order valence-corrected chi connectivity index (χ1v) is 6.11. The largest absolute Gasteiger partial charge is 0.306 e. The Kier molecular flexibility index (Phi) is 5.37. The van der Waals surface area contributed by atoms with Crippen LogP contribution in [0.5, 0.6) is 0 Å². The summed E-state index contributed by atoms with van der Waals surface area (Å²) < 4.78 is 1.11. The third-order valence-electron chi connectivity index (χ3n) is 2.22. The molecule has 0 heterocycles. The molecule has 0 spiro atoms. The Morgan fingerprint density at radius 1 is 1.60 bits per heavy atom. The maximum Gasteiger partial charge on any atom is 0.0295 e. The van der Waals surface area contributed by atoms with Crippen LogP contribution in [0.25, 0.3) is 0 Å². The molecule has 1 N–H and O–H groups in total. The van der Waals surface area contributed by atoms with Crippen LogP contribution >= 0.6 is 27.5 Å². The minimum Gasteiger partial charge on any atom is -0.306 e. The van der Waals surface area contributed by atoms with E-state index in [9.17, 15) is 0 Å². The fourth-order valence-corrected chi connectivity index (χ4v) is 1.74. The lowest BCUT2D eigenvalue weighted by Crippen LogP contribution is -2.20. The fraction of sp³-hybridized carbons (Fsp3) is 0.333. The zero-order chi connectivity index (χ0) is 11.3. The van der Waals surface area contributed by atoms with E-state index < -0.39 is 0 Å². The average molecular weight is 289 g/mol. The number of rotatable bonds is 4. The summed E-state index contributed by atoms with van der Waals surface area (Å²) in [5.41, 5.74) is 4.02. The van der Waals surface area contributed by atoms with Crippen molar-refractivity contribution in [3.8, 4) is 0 Å². The minimum absolute atomic E-state index is 0.328. The standard InChI is InChI=1S/C12H15BrClN/c1-9(7-14)8-15-10(2)11-4-3-5-12(13)6-11/h3-7,10,15H,8H2,1-2H3/b9-7+/t10-/m0/s1. The van der Waals surface area contributed by atoms with E-state index in [1.165, 1.54) is 5.56 Å². The lowest BCUT2D eigenvalue weighted by atomic mass is 10.1. The van der Waals surface area contributed by atoms with Gasteiger partial charge in [-0.2, -0.15) is 0 Å². The number of hydrogen-bond acceptors (Lipinski definition) is 1. The van der Waals surface area contributed by atoms with E-state index in [-0.39, 0.29) is 0 Å². The topological polar surface area (TPSA) is 12.0 Å². The third-order valence-corrected chi connectivity index (χ3v) is 3.09. The van der Waals surface area contributed by atoms with Gasteiger partial charge in [-0.15, -0.1) is 0 Å². The van der Waals surface area contributed by atoms with E-state index in [1.54, 1.807) is 5.54 Å². The van der Waals surface area contributed by atoms with E-state index >= 15 is 0 Å². The molecular weight excluding hydrogens is 273 g/mol. The normalized spacial score (nSPS) is 14.0. The quantitative estimate of drug-likeness (QED) is 0.874. The molecule has 0 aliphatic rings. The Bertz CT molecular complexity index is 349. The van der Waals surface area contributed by atoms with Crippen molar-refractivity contribution in [2.24, 2.45) is 0 Å². The second kappa shape index (κ2) is 6.31. The van der Waals surface area contributed by atoms with Crippen molar-refractivity contribution in [1.82, 2.24) is 5.32 Å². The number of nitrogens with one attached hydrogen (secondary N) is 1. The predicted octanol–water partition coefficient (Wildman–Crippen LogP) is 4.24. The second-order valence-electron chi connectivity index (χ2n) is 3.61. The summed E-state index contributed by atoms with van der Waals surface area (Å²) in [6.07, 6.45) is 0. The highest BCUT2D eigenvalue weighted by Gasteiger charge is 2.04. The van der Waals surface area contributed by atoms with Gasteiger partial charge in [-0.05, 0) is 37.1 Å². The Balaban J connectivity index is 2.57. The number of benzene rings is 1. The number of hydrogen-bond donors (Lipinski definition) is 1. The monoisotopic (exact) mass is 287 g/mol. The maximum atomic E-state index is 5.60. The summed E-state index contributed by atoms with van der Waals surface area (Å²) in [7, 11) is 0. The van der Waals surface area contributed by atoms with Crippen molar-refractivity contribution in [3.63, 3.8) is 0 Å². The van der Waals surface area contributed by atoms with Crippen molar-refractivity contribution in [1.29, 1.82) is 0 Å². The van der Waals surface area contributed by atoms with Crippen LogP contribution in [0.2, 0.25) is 0 Å². The maximum absolute atomic E-state index is 5.60. The van der Waals surface area contributed by atoms with Crippen LogP contribution in [-0.2, 0) is 0 Å². The van der Waals surface area contributed by atoms with Gasteiger partial charge in [-0.25, -0.2) is 0 Å². The van der Waals surface area contributed by atoms with Gasteiger partial charge in [0.2, 0.25) is 0 Å². The van der Waals surface area contributed by atoms with Crippen LogP contribution in [0.3, 0.4) is 0 Å². The molecule has 0 saturated heterocycles. The summed E-state index contributed by atoms with van der Waals surface area (Å²) in [6.45, 7) is 4.97. The Morgan fingerprint density at radius 3 is 2.93 bits per heavy atom. The lowest BCUT2D eigenvalue weighted by molar-refractivity contribution is 0.607. The molecule has 1 nitrogen and oxygen atoms in total. The molecule has 0 saturated carbocycles. The smallest absolute Gasteiger partial charge is 0.0295 e. The van der Waals surface area contributed by atoms with Gasteiger partial charge in [0, 0.05) is 22.6 Å². The van der Waals surface area contributed by atoms with Crippen molar-refractivity contribution in [2.45, 2.75) is 19.9 Å². The van der Waals surface area contributed by atoms with Crippen LogP contribution in [-0.4, -0.2) is 6.54 Å². The first-order chi connectivity index (χ1) is 7.13. The van der Waals surface area contributed by atoms with Crippen LogP contribution in [0.4, 0.5) is 0 Å². The molecule has 15 heavy (non-hydrogen) atoms. The molecule has 1 atom stereocenters. The van der Waals surface area contributed by atoms with E-state index in [1.807, 2.05) is 19.1 Å². The van der Waals surface area contributed by atoms with Gasteiger partial charge < -0.3 is 5.32 Å². The van der Waals surface area contributed by atoms with Gasteiger partial charge in [0.25, 0.3) is 0 Å². The van der Waals surface area contributed by atoms with Crippen molar-refractivity contribution in [3.05, 3.63) is 45.4 Å². The summed E-state index contributed by atoms with van der Waals surface area (Å²) in [5.74, 6) is 0. The molecular formula is C12H15BrClN. The summed E-state index contributed by atoms with van der Waals surface area (Å²) in [4.78, 5) is 0. The molecule has 0 radical (unpaired) electrons. The van der Waals surface area contributed by atoms with Crippen molar-refractivity contribution >= 4 is 27.5 Å². The average Bonchev–Trinajstić information content (AvgIpc) is 2.25. The van der Waals surface area contributed by atoms with Crippen LogP contribution in [0.15, 0.2) is 39.8 Å². The van der Waals surface area contributed by atoms with Crippen molar-refractivity contribution < 1.29 is 0 Å². The summed E-state index contributed by atoms with van der Waals surface area (Å²) in [5, 5.41) is 3.40. The van der Waals surface area contributed by atoms with Gasteiger partial charge >= 0.3 is 0 Å². The van der Waals surface area contributed by atoms with E-state index in [4.69, 9.17) is 11.6 Å². The molecule has 0 unspecified atom stereocenters. The Labute approximate surface area is 105 Å². The van der Waals surface area contributed by atoms with Crippen LogP contribution in [0, 0.1) is 0 Å². The molecule has 3 heteroatoms. The van der Waals surface area contributed by atoms with Gasteiger partial charge in [-0.3, -0.25) is 0 Å². The molecule has 0 aromatic heterocycles. The van der Waals surface area contributed by atoms with E-state index in [2.05, 4.69) is 40.3 Å². The second-order valence-corrected chi connectivity index (χ2v) is 4.75. The number of halogens is 2. The molecule has 0 fully saturated rings. The van der Waals surface area contributed by atoms with E-state index in [0.29, 0.717) is 6.04 Å². The molecule has 82 valence electrons. The molecule has 1 aromatic rings. The van der Waals surface area contributed by atoms with Gasteiger partial charge in [0.1, 0.15) is 0 Å². The van der Waals surface area contributed by atoms with Crippen LogP contribution < -0.4 is 5.32 Å². The first-order valence-electron chi connectivity index (χ1n) is 4.88. The summed E-state index contributed by atoms with van der Waals surface area (Å²) in [6, 6.07) is 8.63. The van der Waals surface area contributed by atoms with Crippen molar-refractivity contribution in [2.75, 3.05) is 6.54 Å². The van der Waals surface area contributed by atoms with Crippen LogP contribution in [0.1, 0.15) is 25.5 Å². The Hall–Kier alpha value is -0.310. The zero-order valence-electron chi connectivity index (χ0n) is 8.93. The highest BCUT2D eigenvalue weighted by molar-refractivity contribution is 9.10. The third kappa shape index (κ3) is 4.37. The SMILES string of the molecule is C/C(=C\Cl)CN[C@@H](C)c1cccc(Br)c1. The molecule has 1 aromatic carbocycles. The van der Waals surface area contributed by atoms with E-state index in [0.717, 1.165) is 16.6 Å². The fourth-order valence-electron chi connectivity index (χ4n) is 1.25. The predicted molar refractivity (Wildman–Crippen MR) is 70.2 cm³/mol. The Morgan fingerprint density at radius 2 is 2.33 bits per heavy atom. The molecule has 0 amide bonds. The van der Waals surface area contributed by atoms with Gasteiger partial charge in [0.15, 0.2) is 0 Å². The molecule has 1 rings (SSSR count). The molecule has 0 aliphatic heterocycles. The minimum atomic E-state index is 0.328. The first kappa shape index (κ1) is 12.8. The van der Waals surface area contributed by atoms with Gasteiger partial charge in [0.05, 0.1) is 0 Å². The molecule has 0 aliphatic carbocycles. The highest BCUT2D eigenvalue weighted by atomic mass is 79.9. The highest BCUT2D eigenvalue weighted by Crippen LogP contribution is 2.17. The summed E-state index contributed by atoms with van der Waals surface area (Å²) >= 11 is 9.06. The lowest BCUT2D eigenvalue weighted by Gasteiger charge is -2.14. The zero-order valence-corrected chi connectivity index (χ0v) is 11.3. The molecule has 0 bridgehead atoms.